The molecule has 2 saturated heterocycles. The fourth-order valence-corrected chi connectivity index (χ4v) is 3.47. The van der Waals surface area contributed by atoms with Crippen LogP contribution in [-0.4, -0.2) is 41.1 Å². The number of carbonyl (C=O) groups is 1. The maximum atomic E-state index is 10.5. The number of ether oxygens (including phenoxy) is 2. The largest absolute Gasteiger partial charge is 0.481 e. The predicted molar refractivity (Wildman–Crippen MR) is 61.6 cm³/mol. The lowest BCUT2D eigenvalue weighted by Gasteiger charge is -2.23. The minimum atomic E-state index is -0.818. The normalized spacial score (nSPS) is 35.1. The fourth-order valence-electron chi connectivity index (χ4n) is 2.14. The molecule has 0 aromatic carbocycles. The van der Waals surface area contributed by atoms with Crippen LogP contribution in [0.3, 0.4) is 0 Å². The fraction of sp³-hybridized carbons (Fsp3) is 0.909. The molecule has 1 N–H and O–H groups in total. The average molecular weight is 246 g/mol. The first kappa shape index (κ1) is 12.2. The zero-order valence-corrected chi connectivity index (χ0v) is 10.1. The Bertz CT molecular complexity index is 240. The number of thioether (sulfide) groups is 1. The third-order valence-electron chi connectivity index (χ3n) is 2.94. The Labute approximate surface area is 99.7 Å². The second kappa shape index (κ2) is 5.89. The van der Waals surface area contributed by atoms with E-state index in [1.807, 2.05) is 11.8 Å². The van der Waals surface area contributed by atoms with Crippen LogP contribution in [0.2, 0.25) is 0 Å². The molecule has 4 nitrogen and oxygen atoms in total. The van der Waals surface area contributed by atoms with Crippen molar-refractivity contribution in [2.45, 2.75) is 49.7 Å². The van der Waals surface area contributed by atoms with Crippen LogP contribution in [0.15, 0.2) is 0 Å². The van der Waals surface area contributed by atoms with E-state index in [2.05, 4.69) is 0 Å². The molecule has 3 atom stereocenters. The Morgan fingerprint density at radius 3 is 3.00 bits per heavy atom. The summed E-state index contributed by atoms with van der Waals surface area (Å²) in [6.45, 7) is 0.425. The van der Waals surface area contributed by atoms with E-state index in [0.29, 0.717) is 11.9 Å². The van der Waals surface area contributed by atoms with Crippen molar-refractivity contribution in [2.24, 2.45) is 0 Å². The van der Waals surface area contributed by atoms with E-state index in [1.54, 1.807) is 0 Å². The summed E-state index contributed by atoms with van der Waals surface area (Å²) in [5, 5.41) is 9.27. The van der Waals surface area contributed by atoms with Gasteiger partial charge >= 0.3 is 5.97 Å². The Morgan fingerprint density at radius 1 is 1.44 bits per heavy atom. The van der Waals surface area contributed by atoms with E-state index >= 15 is 0 Å². The molecule has 16 heavy (non-hydrogen) atoms. The van der Waals surface area contributed by atoms with Gasteiger partial charge in [-0.1, -0.05) is 6.42 Å². The lowest BCUT2D eigenvalue weighted by Crippen LogP contribution is -2.21. The molecular weight excluding hydrogens is 228 g/mol. The zero-order chi connectivity index (χ0) is 11.4. The highest BCUT2D eigenvalue weighted by Gasteiger charge is 2.30. The highest BCUT2D eigenvalue weighted by Crippen LogP contribution is 2.31. The first-order valence-electron chi connectivity index (χ1n) is 5.84. The highest BCUT2D eigenvalue weighted by molar-refractivity contribution is 7.99. The Morgan fingerprint density at radius 2 is 2.31 bits per heavy atom. The molecule has 0 aliphatic carbocycles. The van der Waals surface area contributed by atoms with Gasteiger partial charge in [0.2, 0.25) is 0 Å². The molecule has 0 aromatic heterocycles. The summed E-state index contributed by atoms with van der Waals surface area (Å²) in [4.78, 5) is 10.5. The maximum absolute atomic E-state index is 10.5. The van der Waals surface area contributed by atoms with Gasteiger partial charge in [0, 0.05) is 11.7 Å². The van der Waals surface area contributed by atoms with Crippen molar-refractivity contribution in [1.82, 2.24) is 0 Å². The van der Waals surface area contributed by atoms with Gasteiger partial charge in [0.15, 0.2) is 6.29 Å². The molecule has 92 valence electrons. The standard InChI is InChI=1S/C11H18O4S/c12-10(13)5-8-7-14-11(15-8)6-9-3-1-2-4-16-9/h8-9,11H,1-7H2,(H,12,13). The minimum absolute atomic E-state index is 0.0499. The summed E-state index contributed by atoms with van der Waals surface area (Å²) < 4.78 is 11.0. The lowest BCUT2D eigenvalue weighted by atomic mass is 10.1. The van der Waals surface area contributed by atoms with E-state index in [0.717, 1.165) is 6.42 Å². The molecule has 3 unspecified atom stereocenters. The van der Waals surface area contributed by atoms with Crippen LogP contribution in [0.1, 0.15) is 32.1 Å². The SMILES string of the molecule is O=C(O)CC1COC(CC2CCCCS2)O1. The number of carboxylic acid groups (broad SMARTS) is 1. The van der Waals surface area contributed by atoms with Crippen LogP contribution in [0.5, 0.6) is 0 Å². The van der Waals surface area contributed by atoms with Gasteiger partial charge in [-0.25, -0.2) is 0 Å². The Kier molecular flexibility index (Phi) is 4.49. The quantitative estimate of drug-likeness (QED) is 0.820. The maximum Gasteiger partial charge on any atom is 0.306 e. The first-order chi connectivity index (χ1) is 7.74. The van der Waals surface area contributed by atoms with Gasteiger partial charge in [-0.15, -0.1) is 0 Å². The minimum Gasteiger partial charge on any atom is -0.481 e. The van der Waals surface area contributed by atoms with Crippen LogP contribution in [0.25, 0.3) is 0 Å². The summed E-state index contributed by atoms with van der Waals surface area (Å²) in [5.74, 6) is 0.414. The van der Waals surface area contributed by atoms with E-state index in [1.165, 1.54) is 25.0 Å². The third-order valence-corrected chi connectivity index (χ3v) is 4.37. The summed E-state index contributed by atoms with van der Waals surface area (Å²) in [6.07, 6.45) is 4.36. The van der Waals surface area contributed by atoms with E-state index in [9.17, 15) is 4.79 Å². The number of hydrogen-bond acceptors (Lipinski definition) is 4. The first-order valence-corrected chi connectivity index (χ1v) is 6.89. The number of rotatable bonds is 4. The molecule has 0 amide bonds. The summed E-state index contributed by atoms with van der Waals surface area (Å²) >= 11 is 1.99. The van der Waals surface area contributed by atoms with Gasteiger partial charge in [-0.2, -0.15) is 11.8 Å². The van der Waals surface area contributed by atoms with Crippen LogP contribution < -0.4 is 0 Å². The summed E-state index contributed by atoms with van der Waals surface area (Å²) in [7, 11) is 0. The van der Waals surface area contributed by atoms with Crippen LogP contribution in [0, 0.1) is 0 Å². The Hall–Kier alpha value is -0.260. The molecule has 2 fully saturated rings. The molecular formula is C11H18O4S. The van der Waals surface area contributed by atoms with E-state index < -0.39 is 5.97 Å². The molecule has 0 bridgehead atoms. The van der Waals surface area contributed by atoms with E-state index in [4.69, 9.17) is 14.6 Å². The monoisotopic (exact) mass is 246 g/mol. The van der Waals surface area contributed by atoms with Crippen molar-refractivity contribution in [3.8, 4) is 0 Å². The van der Waals surface area contributed by atoms with Crippen molar-refractivity contribution in [1.29, 1.82) is 0 Å². The van der Waals surface area contributed by atoms with E-state index in [-0.39, 0.29) is 18.8 Å². The molecule has 2 aliphatic rings. The molecule has 0 saturated carbocycles. The number of hydrogen-bond donors (Lipinski definition) is 1. The lowest BCUT2D eigenvalue weighted by molar-refractivity contribution is -0.140. The summed E-state index contributed by atoms with van der Waals surface area (Å²) in [5.41, 5.74) is 0. The second-order valence-corrected chi connectivity index (χ2v) is 5.75. The van der Waals surface area contributed by atoms with Crippen molar-refractivity contribution in [3.05, 3.63) is 0 Å². The predicted octanol–water partition coefficient (Wildman–Crippen LogP) is 1.88. The second-order valence-electron chi connectivity index (χ2n) is 4.34. The highest BCUT2D eigenvalue weighted by atomic mass is 32.2. The van der Waals surface area contributed by atoms with Gasteiger partial charge in [-0.3, -0.25) is 4.79 Å². The van der Waals surface area contributed by atoms with Crippen LogP contribution in [0.4, 0.5) is 0 Å². The van der Waals surface area contributed by atoms with Crippen molar-refractivity contribution in [3.63, 3.8) is 0 Å². The van der Waals surface area contributed by atoms with Crippen LogP contribution in [-0.2, 0) is 14.3 Å². The smallest absolute Gasteiger partial charge is 0.306 e. The summed E-state index contributed by atoms with van der Waals surface area (Å²) in [6, 6.07) is 0. The molecule has 5 heteroatoms. The van der Waals surface area contributed by atoms with Crippen LogP contribution >= 0.6 is 11.8 Å². The number of aliphatic carboxylic acids is 1. The average Bonchev–Trinajstić information content (AvgIpc) is 2.66. The molecule has 0 aromatic rings. The van der Waals surface area contributed by atoms with Gasteiger partial charge in [-0.05, 0) is 18.6 Å². The molecule has 2 aliphatic heterocycles. The van der Waals surface area contributed by atoms with Gasteiger partial charge in [0.1, 0.15) is 0 Å². The van der Waals surface area contributed by atoms with Gasteiger partial charge < -0.3 is 14.6 Å². The van der Waals surface area contributed by atoms with Gasteiger partial charge in [0.05, 0.1) is 19.1 Å². The molecule has 2 heterocycles. The number of carboxylic acids is 1. The molecule has 0 spiro atoms. The molecule has 2 rings (SSSR count). The molecule has 0 radical (unpaired) electrons. The van der Waals surface area contributed by atoms with Crippen molar-refractivity contribution >= 4 is 17.7 Å². The Balaban J connectivity index is 1.69. The van der Waals surface area contributed by atoms with Crippen molar-refractivity contribution < 1.29 is 19.4 Å². The zero-order valence-electron chi connectivity index (χ0n) is 9.26. The van der Waals surface area contributed by atoms with Crippen molar-refractivity contribution in [2.75, 3.05) is 12.4 Å². The third kappa shape index (κ3) is 3.64. The topological polar surface area (TPSA) is 55.8 Å². The van der Waals surface area contributed by atoms with Gasteiger partial charge in [0.25, 0.3) is 0 Å².